The van der Waals surface area contributed by atoms with Crippen LogP contribution >= 0.6 is 36.2 Å². The summed E-state index contributed by atoms with van der Waals surface area (Å²) < 4.78 is 0. The van der Waals surface area contributed by atoms with E-state index in [9.17, 15) is 4.79 Å². The smallest absolute Gasteiger partial charge is 0.271 e. The molecule has 0 bridgehead atoms. The number of halogens is 2. The minimum atomic E-state index is -0.178. The van der Waals surface area contributed by atoms with Crippen molar-refractivity contribution in [2.45, 2.75) is 38.8 Å². The third-order valence-corrected chi connectivity index (χ3v) is 5.02. The summed E-state index contributed by atoms with van der Waals surface area (Å²) in [5.74, 6) is 0.849. The minimum absolute atomic E-state index is 0. The number of carbonyl (C=O) groups excluding carboxylic acids is 1. The maximum absolute atomic E-state index is 12.1. The number of hydrogen-bond acceptors (Lipinski definition) is 6. The summed E-state index contributed by atoms with van der Waals surface area (Å²) in [6, 6.07) is 4.07. The lowest BCUT2D eigenvalue weighted by Crippen LogP contribution is -2.25. The van der Waals surface area contributed by atoms with E-state index >= 15 is 0 Å². The Morgan fingerprint density at radius 3 is 2.50 bits per heavy atom. The molecule has 1 saturated heterocycles. The van der Waals surface area contributed by atoms with Crippen LogP contribution in [0, 0.1) is 0 Å². The number of thiazole rings is 1. The van der Waals surface area contributed by atoms with Gasteiger partial charge in [0.2, 0.25) is 0 Å². The number of nitrogens with zero attached hydrogens (tertiary/aromatic N) is 3. The Hall–Kier alpha value is -1.41. The Morgan fingerprint density at radius 1 is 1.19 bits per heavy atom. The Bertz CT molecular complexity index is 672. The van der Waals surface area contributed by atoms with Crippen LogP contribution in [0.2, 0.25) is 0 Å². The molecule has 26 heavy (non-hydrogen) atoms. The van der Waals surface area contributed by atoms with Gasteiger partial charge in [-0.15, -0.1) is 36.2 Å². The fraction of sp³-hybridized carbons (Fsp3) is 0.471. The van der Waals surface area contributed by atoms with Crippen LogP contribution in [0.1, 0.15) is 46.7 Å². The summed E-state index contributed by atoms with van der Waals surface area (Å²) in [6.07, 6.45) is 6.93. The Morgan fingerprint density at radius 2 is 1.92 bits per heavy atom. The largest absolute Gasteiger partial charge is 0.357 e. The van der Waals surface area contributed by atoms with E-state index in [-0.39, 0.29) is 30.7 Å². The third-order valence-electron chi connectivity index (χ3n) is 4.15. The molecule has 2 aromatic rings. The molecule has 1 fully saturated rings. The first-order valence-corrected chi connectivity index (χ1v) is 9.27. The molecule has 0 saturated carbocycles. The van der Waals surface area contributed by atoms with Crippen LogP contribution in [0.15, 0.2) is 23.7 Å². The number of anilines is 1. The van der Waals surface area contributed by atoms with E-state index in [1.54, 1.807) is 5.38 Å². The van der Waals surface area contributed by atoms with Crippen molar-refractivity contribution in [1.82, 2.24) is 15.3 Å². The number of nitrogens with two attached hydrogens (primary N) is 1. The van der Waals surface area contributed by atoms with Gasteiger partial charge in [-0.2, -0.15) is 0 Å². The maximum atomic E-state index is 12.1. The predicted octanol–water partition coefficient (Wildman–Crippen LogP) is 3.15. The molecule has 0 unspecified atom stereocenters. The molecule has 1 amide bonds. The van der Waals surface area contributed by atoms with E-state index in [4.69, 9.17) is 5.73 Å². The molecule has 0 aromatic carbocycles. The number of amides is 1. The van der Waals surface area contributed by atoms with Crippen LogP contribution < -0.4 is 16.0 Å². The van der Waals surface area contributed by atoms with Crippen molar-refractivity contribution in [3.05, 3.63) is 40.0 Å². The normalized spacial score (nSPS) is 14.0. The molecule has 3 rings (SSSR count). The molecule has 0 spiro atoms. The van der Waals surface area contributed by atoms with Crippen molar-refractivity contribution < 1.29 is 4.79 Å². The van der Waals surface area contributed by atoms with Crippen molar-refractivity contribution in [2.75, 3.05) is 18.0 Å². The van der Waals surface area contributed by atoms with Gasteiger partial charge < -0.3 is 16.0 Å². The van der Waals surface area contributed by atoms with Crippen molar-refractivity contribution in [1.29, 1.82) is 0 Å². The van der Waals surface area contributed by atoms with Gasteiger partial charge in [-0.05, 0) is 24.5 Å². The average molecular weight is 418 g/mol. The molecule has 0 aliphatic carbocycles. The molecule has 9 heteroatoms. The van der Waals surface area contributed by atoms with Crippen molar-refractivity contribution in [2.24, 2.45) is 5.73 Å². The van der Waals surface area contributed by atoms with Gasteiger partial charge in [0.15, 0.2) is 0 Å². The van der Waals surface area contributed by atoms with E-state index in [1.165, 1.54) is 37.0 Å². The van der Waals surface area contributed by atoms with E-state index in [1.807, 2.05) is 18.3 Å². The highest BCUT2D eigenvalue weighted by Crippen LogP contribution is 2.17. The second-order valence-corrected chi connectivity index (χ2v) is 6.88. The molecule has 1 aliphatic rings. The van der Waals surface area contributed by atoms with Gasteiger partial charge in [0.1, 0.15) is 16.5 Å². The van der Waals surface area contributed by atoms with Crippen molar-refractivity contribution >= 4 is 47.9 Å². The summed E-state index contributed by atoms with van der Waals surface area (Å²) in [5.41, 5.74) is 6.93. The monoisotopic (exact) mass is 417 g/mol. The second kappa shape index (κ2) is 11.3. The molecule has 0 radical (unpaired) electrons. The zero-order valence-corrected chi connectivity index (χ0v) is 17.0. The summed E-state index contributed by atoms with van der Waals surface area (Å²) in [7, 11) is 0. The van der Waals surface area contributed by atoms with Gasteiger partial charge in [-0.1, -0.05) is 18.9 Å². The first-order chi connectivity index (χ1) is 11.8. The quantitative estimate of drug-likeness (QED) is 0.780. The lowest BCUT2D eigenvalue weighted by molar-refractivity contribution is 0.0946. The number of nitrogens with one attached hydrogen (secondary N) is 1. The van der Waals surface area contributed by atoms with Gasteiger partial charge in [-0.25, -0.2) is 9.97 Å². The first-order valence-electron chi connectivity index (χ1n) is 8.39. The third kappa shape index (κ3) is 6.09. The van der Waals surface area contributed by atoms with Crippen LogP contribution in [-0.2, 0) is 13.1 Å². The Balaban J connectivity index is 0.00000169. The molecule has 2 aromatic heterocycles. The topological polar surface area (TPSA) is 84.1 Å². The molecular formula is C17H25Cl2N5OS. The minimum Gasteiger partial charge on any atom is -0.357 e. The molecule has 6 nitrogen and oxygen atoms in total. The van der Waals surface area contributed by atoms with Crippen LogP contribution in [0.25, 0.3) is 0 Å². The predicted molar refractivity (Wildman–Crippen MR) is 111 cm³/mol. The van der Waals surface area contributed by atoms with Gasteiger partial charge in [-0.3, -0.25) is 4.79 Å². The summed E-state index contributed by atoms with van der Waals surface area (Å²) in [6.45, 7) is 2.97. The zero-order valence-electron chi connectivity index (χ0n) is 14.5. The average Bonchev–Trinajstić information content (AvgIpc) is 2.95. The van der Waals surface area contributed by atoms with E-state index in [0.29, 0.717) is 18.8 Å². The second-order valence-electron chi connectivity index (χ2n) is 5.94. The van der Waals surface area contributed by atoms with E-state index in [0.717, 1.165) is 29.5 Å². The maximum Gasteiger partial charge on any atom is 0.271 e. The number of pyridine rings is 1. The summed E-state index contributed by atoms with van der Waals surface area (Å²) in [4.78, 5) is 23.2. The highest BCUT2D eigenvalue weighted by atomic mass is 35.5. The number of hydrogen-bond donors (Lipinski definition) is 2. The summed E-state index contributed by atoms with van der Waals surface area (Å²) in [5, 5.41) is 5.37. The summed E-state index contributed by atoms with van der Waals surface area (Å²) >= 11 is 1.40. The highest BCUT2D eigenvalue weighted by molar-refractivity contribution is 7.09. The molecule has 3 N–H and O–H groups in total. The van der Waals surface area contributed by atoms with Crippen molar-refractivity contribution in [3.8, 4) is 0 Å². The SMILES string of the molecule is Cl.Cl.NCc1nc(C(=O)NCc2ccc(N3CCCCCC3)nc2)cs1. The van der Waals surface area contributed by atoms with Gasteiger partial charge in [0, 0.05) is 37.8 Å². The van der Waals surface area contributed by atoms with Crippen LogP contribution in [-0.4, -0.2) is 29.0 Å². The number of carbonyl (C=O) groups is 1. The van der Waals surface area contributed by atoms with Crippen LogP contribution in [0.4, 0.5) is 5.82 Å². The lowest BCUT2D eigenvalue weighted by Gasteiger charge is -2.21. The molecule has 144 valence electrons. The van der Waals surface area contributed by atoms with Crippen LogP contribution in [0.5, 0.6) is 0 Å². The molecule has 1 aliphatic heterocycles. The fourth-order valence-corrected chi connectivity index (χ4v) is 3.44. The molecular weight excluding hydrogens is 393 g/mol. The van der Waals surface area contributed by atoms with Crippen molar-refractivity contribution in [3.63, 3.8) is 0 Å². The lowest BCUT2D eigenvalue weighted by atomic mass is 10.2. The number of aromatic nitrogens is 2. The standard InChI is InChI=1S/C17H23N5OS.2ClH/c18-9-16-21-14(12-24-16)17(23)20-11-13-5-6-15(19-10-13)22-7-3-1-2-4-8-22;;/h5-6,10,12H,1-4,7-9,11,18H2,(H,20,23);2*1H. The van der Waals surface area contributed by atoms with E-state index < -0.39 is 0 Å². The Kier molecular flexibility index (Phi) is 9.87. The Labute approximate surface area is 170 Å². The first kappa shape index (κ1) is 22.6. The highest BCUT2D eigenvalue weighted by Gasteiger charge is 2.12. The number of rotatable bonds is 5. The van der Waals surface area contributed by atoms with E-state index in [2.05, 4.69) is 20.2 Å². The molecule has 0 atom stereocenters. The molecule has 3 heterocycles. The zero-order chi connectivity index (χ0) is 16.8. The van der Waals surface area contributed by atoms with Gasteiger partial charge in [0.25, 0.3) is 5.91 Å². The van der Waals surface area contributed by atoms with Gasteiger partial charge >= 0.3 is 0 Å². The fourth-order valence-electron chi connectivity index (χ4n) is 2.79. The van der Waals surface area contributed by atoms with Gasteiger partial charge in [0.05, 0.1) is 0 Å². The van der Waals surface area contributed by atoms with Crippen LogP contribution in [0.3, 0.4) is 0 Å².